The minimum absolute atomic E-state index is 0.0312. The molecule has 0 fully saturated rings. The second-order valence-corrected chi connectivity index (χ2v) is 3.09. The quantitative estimate of drug-likeness (QED) is 0.579. The zero-order valence-corrected chi connectivity index (χ0v) is 8.18. The molecule has 0 atom stereocenters. The average molecular weight is 221 g/mol. The molecule has 0 unspecified atom stereocenters. The molecule has 2 rings (SSSR count). The zero-order valence-electron chi connectivity index (χ0n) is 8.18. The predicted molar refractivity (Wildman–Crippen MR) is 54.1 cm³/mol. The van der Waals surface area contributed by atoms with E-state index in [4.69, 9.17) is 10.8 Å². The minimum Gasteiger partial charge on any atom is -0.476 e. The number of aromatic amines is 1. The van der Waals surface area contributed by atoms with E-state index in [2.05, 4.69) is 19.9 Å². The normalized spacial score (nSPS) is 10.6. The van der Waals surface area contributed by atoms with Crippen molar-refractivity contribution >= 4 is 23.1 Å². The molecule has 8 heteroatoms. The van der Waals surface area contributed by atoms with Crippen LogP contribution in [-0.4, -0.2) is 31.0 Å². The Morgan fingerprint density at radius 3 is 2.69 bits per heavy atom. The van der Waals surface area contributed by atoms with Crippen LogP contribution in [-0.2, 0) is 0 Å². The van der Waals surface area contributed by atoms with Crippen molar-refractivity contribution in [2.24, 2.45) is 0 Å². The Bertz CT molecular complexity index is 648. The first-order valence-corrected chi connectivity index (χ1v) is 4.26. The number of rotatable bonds is 1. The fourth-order valence-corrected chi connectivity index (χ4v) is 1.26. The average Bonchev–Trinajstić information content (AvgIpc) is 2.15. The molecule has 0 radical (unpaired) electrons. The maximum absolute atomic E-state index is 11.4. The van der Waals surface area contributed by atoms with Crippen molar-refractivity contribution in [3.63, 3.8) is 0 Å². The van der Waals surface area contributed by atoms with Crippen molar-refractivity contribution < 1.29 is 9.90 Å². The number of anilines is 1. The van der Waals surface area contributed by atoms with Crippen LogP contribution in [0.5, 0.6) is 0 Å². The van der Waals surface area contributed by atoms with E-state index in [-0.39, 0.29) is 28.5 Å². The summed E-state index contributed by atoms with van der Waals surface area (Å²) >= 11 is 0. The summed E-state index contributed by atoms with van der Waals surface area (Å²) in [6.45, 7) is 1.47. The van der Waals surface area contributed by atoms with Crippen LogP contribution in [0.2, 0.25) is 0 Å². The molecule has 16 heavy (non-hydrogen) atoms. The number of nitrogens with one attached hydrogen (secondary N) is 1. The predicted octanol–water partition coefficient (Wildman–Crippen LogP) is -0.698. The molecule has 0 aliphatic rings. The molecule has 0 aromatic carbocycles. The van der Waals surface area contributed by atoms with Gasteiger partial charge >= 0.3 is 5.97 Å². The van der Waals surface area contributed by atoms with Crippen LogP contribution in [0.3, 0.4) is 0 Å². The van der Waals surface area contributed by atoms with Crippen molar-refractivity contribution in [3.8, 4) is 0 Å². The Morgan fingerprint density at radius 1 is 1.38 bits per heavy atom. The van der Waals surface area contributed by atoms with Crippen molar-refractivity contribution in [1.29, 1.82) is 0 Å². The van der Waals surface area contributed by atoms with Crippen molar-refractivity contribution in [2.45, 2.75) is 6.92 Å². The number of carbonyl (C=O) groups is 1. The highest BCUT2D eigenvalue weighted by atomic mass is 16.4. The SMILES string of the molecule is Cc1nc2nc(N)[nH]c(=O)c2nc1C(=O)O. The topological polar surface area (TPSA) is 135 Å². The highest BCUT2D eigenvalue weighted by molar-refractivity contribution is 5.88. The van der Waals surface area contributed by atoms with E-state index >= 15 is 0 Å². The molecule has 0 spiro atoms. The molecular formula is C8H7N5O3. The maximum Gasteiger partial charge on any atom is 0.356 e. The van der Waals surface area contributed by atoms with E-state index in [0.717, 1.165) is 0 Å². The van der Waals surface area contributed by atoms with Gasteiger partial charge in [0.2, 0.25) is 5.95 Å². The third kappa shape index (κ3) is 1.45. The highest BCUT2D eigenvalue weighted by Gasteiger charge is 2.14. The Morgan fingerprint density at radius 2 is 2.06 bits per heavy atom. The van der Waals surface area contributed by atoms with Crippen LogP contribution in [0.15, 0.2) is 4.79 Å². The van der Waals surface area contributed by atoms with E-state index in [1.54, 1.807) is 0 Å². The van der Waals surface area contributed by atoms with Crippen LogP contribution < -0.4 is 11.3 Å². The first-order chi connectivity index (χ1) is 7.49. The number of nitrogens with zero attached hydrogens (tertiary/aromatic N) is 3. The number of H-pyrrole nitrogens is 1. The lowest BCUT2D eigenvalue weighted by Gasteiger charge is -2.01. The molecule has 8 nitrogen and oxygen atoms in total. The molecule has 0 saturated carbocycles. The summed E-state index contributed by atoms with van der Waals surface area (Å²) in [7, 11) is 0. The monoisotopic (exact) mass is 221 g/mol. The molecule has 0 aliphatic carbocycles. The lowest BCUT2D eigenvalue weighted by molar-refractivity contribution is 0.0689. The molecule has 0 bridgehead atoms. The number of carboxylic acid groups (broad SMARTS) is 1. The van der Waals surface area contributed by atoms with Crippen LogP contribution in [0.25, 0.3) is 11.2 Å². The van der Waals surface area contributed by atoms with Gasteiger partial charge in [-0.15, -0.1) is 0 Å². The van der Waals surface area contributed by atoms with Gasteiger partial charge in [0.1, 0.15) is 0 Å². The van der Waals surface area contributed by atoms with Gasteiger partial charge < -0.3 is 10.8 Å². The van der Waals surface area contributed by atoms with Crippen LogP contribution in [0, 0.1) is 6.92 Å². The van der Waals surface area contributed by atoms with E-state index < -0.39 is 11.5 Å². The first kappa shape index (κ1) is 10.0. The number of carboxylic acids is 1. The van der Waals surface area contributed by atoms with Crippen molar-refractivity contribution in [2.75, 3.05) is 5.73 Å². The standard InChI is InChI=1S/C8H7N5O3/c1-2-3(7(15)16)11-4-5(10-2)12-8(9)13-6(4)14/h1H3,(H,15,16)(H3,9,10,12,13,14). The largest absolute Gasteiger partial charge is 0.476 e. The van der Waals surface area contributed by atoms with Crippen molar-refractivity contribution in [3.05, 3.63) is 21.7 Å². The summed E-state index contributed by atoms with van der Waals surface area (Å²) in [6, 6.07) is 0. The van der Waals surface area contributed by atoms with Gasteiger partial charge in [0.15, 0.2) is 16.9 Å². The number of hydrogen-bond donors (Lipinski definition) is 3. The fourth-order valence-electron chi connectivity index (χ4n) is 1.26. The Kier molecular flexibility index (Phi) is 2.04. The Hall–Kier alpha value is -2.51. The second-order valence-electron chi connectivity index (χ2n) is 3.09. The molecule has 2 heterocycles. The number of fused-ring (bicyclic) bond motifs is 1. The fraction of sp³-hybridized carbons (Fsp3) is 0.125. The molecule has 4 N–H and O–H groups in total. The Balaban J connectivity index is 2.90. The number of nitrogens with two attached hydrogens (primary N) is 1. The number of aromatic carboxylic acids is 1. The maximum atomic E-state index is 11.4. The minimum atomic E-state index is -1.25. The molecule has 0 amide bonds. The molecule has 2 aromatic rings. The number of hydrogen-bond acceptors (Lipinski definition) is 6. The van der Waals surface area contributed by atoms with E-state index in [1.807, 2.05) is 0 Å². The van der Waals surface area contributed by atoms with Gasteiger partial charge in [0.25, 0.3) is 5.56 Å². The van der Waals surface area contributed by atoms with Gasteiger partial charge in [0, 0.05) is 0 Å². The Labute approximate surface area is 88.2 Å². The lowest BCUT2D eigenvalue weighted by Crippen LogP contribution is -2.16. The molecule has 2 aromatic heterocycles. The van der Waals surface area contributed by atoms with Gasteiger partial charge in [-0.3, -0.25) is 9.78 Å². The lowest BCUT2D eigenvalue weighted by atomic mass is 10.3. The number of nitrogen functional groups attached to an aromatic ring is 1. The van der Waals surface area contributed by atoms with Gasteiger partial charge in [-0.05, 0) is 6.92 Å². The van der Waals surface area contributed by atoms with E-state index in [0.29, 0.717) is 0 Å². The number of aromatic nitrogens is 4. The van der Waals surface area contributed by atoms with Crippen LogP contribution in [0.1, 0.15) is 16.2 Å². The smallest absolute Gasteiger partial charge is 0.356 e. The molecular weight excluding hydrogens is 214 g/mol. The van der Waals surface area contributed by atoms with Gasteiger partial charge in [-0.1, -0.05) is 0 Å². The molecule has 82 valence electrons. The summed E-state index contributed by atoms with van der Waals surface area (Å²) < 4.78 is 0. The van der Waals surface area contributed by atoms with Crippen LogP contribution >= 0.6 is 0 Å². The molecule has 0 aliphatic heterocycles. The van der Waals surface area contributed by atoms with E-state index in [1.165, 1.54) is 6.92 Å². The van der Waals surface area contributed by atoms with Gasteiger partial charge in [-0.25, -0.2) is 14.8 Å². The summed E-state index contributed by atoms with van der Waals surface area (Å²) in [5.74, 6) is -1.34. The summed E-state index contributed by atoms with van der Waals surface area (Å²) in [4.78, 5) is 35.7. The van der Waals surface area contributed by atoms with Gasteiger partial charge in [-0.2, -0.15) is 4.98 Å². The van der Waals surface area contributed by atoms with Crippen molar-refractivity contribution in [1.82, 2.24) is 19.9 Å². The third-order valence-electron chi connectivity index (χ3n) is 1.94. The molecule has 0 saturated heterocycles. The van der Waals surface area contributed by atoms with E-state index in [9.17, 15) is 9.59 Å². The van der Waals surface area contributed by atoms with Crippen LogP contribution in [0.4, 0.5) is 5.95 Å². The number of aryl methyl sites for hydroxylation is 1. The summed E-state index contributed by atoms with van der Waals surface area (Å²) in [5.41, 5.74) is 4.50. The third-order valence-corrected chi connectivity index (χ3v) is 1.94. The summed E-state index contributed by atoms with van der Waals surface area (Å²) in [5, 5.41) is 8.81. The second kappa shape index (κ2) is 3.26. The highest BCUT2D eigenvalue weighted by Crippen LogP contribution is 2.07. The van der Waals surface area contributed by atoms with Gasteiger partial charge in [0.05, 0.1) is 5.69 Å². The first-order valence-electron chi connectivity index (χ1n) is 4.26. The summed E-state index contributed by atoms with van der Waals surface area (Å²) in [6.07, 6.45) is 0. The zero-order chi connectivity index (χ0) is 11.9.